The zero-order valence-corrected chi connectivity index (χ0v) is 13.3. The molecule has 0 aliphatic rings. The van der Waals surface area contributed by atoms with Crippen molar-refractivity contribution in [3.8, 4) is 16.9 Å². The van der Waals surface area contributed by atoms with Crippen molar-refractivity contribution in [1.82, 2.24) is 4.57 Å². The second kappa shape index (κ2) is 6.53. The van der Waals surface area contributed by atoms with Crippen molar-refractivity contribution in [1.29, 1.82) is 0 Å². The van der Waals surface area contributed by atoms with E-state index in [9.17, 15) is 4.79 Å². The first-order valence-electron chi connectivity index (χ1n) is 7.57. The van der Waals surface area contributed by atoms with Gasteiger partial charge in [0.25, 0.3) is 5.56 Å². The van der Waals surface area contributed by atoms with Gasteiger partial charge in [-0.15, -0.1) is 0 Å². The van der Waals surface area contributed by atoms with Crippen molar-refractivity contribution in [2.24, 2.45) is 0 Å². The molecule has 1 aromatic heterocycles. The zero-order chi connectivity index (χ0) is 16.2. The van der Waals surface area contributed by atoms with Crippen LogP contribution in [0.15, 0.2) is 71.7 Å². The molecule has 0 aliphatic carbocycles. The van der Waals surface area contributed by atoms with Crippen LogP contribution in [0.25, 0.3) is 11.1 Å². The second-order valence-corrected chi connectivity index (χ2v) is 5.58. The van der Waals surface area contributed by atoms with Gasteiger partial charge in [0, 0.05) is 6.20 Å². The molecule has 0 spiro atoms. The molecular formula is C20H19NO2. The summed E-state index contributed by atoms with van der Waals surface area (Å²) in [6.45, 7) is 2.62. The van der Waals surface area contributed by atoms with Crippen molar-refractivity contribution in [2.75, 3.05) is 7.11 Å². The summed E-state index contributed by atoms with van der Waals surface area (Å²) in [5.41, 5.74) is 4.59. The molecule has 3 heteroatoms. The van der Waals surface area contributed by atoms with Crippen LogP contribution in [0.4, 0.5) is 0 Å². The number of hydrogen-bond acceptors (Lipinski definition) is 2. The maximum absolute atomic E-state index is 12.2. The summed E-state index contributed by atoms with van der Waals surface area (Å²) < 4.78 is 6.73. The molecule has 3 nitrogen and oxygen atoms in total. The van der Waals surface area contributed by atoms with Gasteiger partial charge in [-0.2, -0.15) is 0 Å². The molecule has 0 N–H and O–H groups in total. The predicted octanol–water partition coefficient (Wildman–Crippen LogP) is 3.88. The van der Waals surface area contributed by atoms with E-state index in [0.29, 0.717) is 12.3 Å². The Balaban J connectivity index is 1.85. The molecule has 0 radical (unpaired) electrons. The third-order valence-corrected chi connectivity index (χ3v) is 3.86. The number of nitrogens with zero attached hydrogens (tertiary/aromatic N) is 1. The topological polar surface area (TPSA) is 31.2 Å². The van der Waals surface area contributed by atoms with Gasteiger partial charge in [0.2, 0.25) is 0 Å². The van der Waals surface area contributed by atoms with E-state index in [1.807, 2.05) is 6.07 Å². The molecule has 0 unspecified atom stereocenters. The second-order valence-electron chi connectivity index (χ2n) is 5.58. The number of methoxy groups -OCH3 is 1. The average molecular weight is 305 g/mol. The maximum Gasteiger partial charge on any atom is 0.293 e. The van der Waals surface area contributed by atoms with Gasteiger partial charge in [-0.1, -0.05) is 54.1 Å². The fourth-order valence-corrected chi connectivity index (χ4v) is 2.62. The first-order chi connectivity index (χ1) is 11.2. The van der Waals surface area contributed by atoms with Crippen molar-refractivity contribution < 1.29 is 4.74 Å². The Labute approximate surface area is 135 Å². The summed E-state index contributed by atoms with van der Waals surface area (Å²) in [4.78, 5) is 12.2. The molecule has 116 valence electrons. The quantitative estimate of drug-likeness (QED) is 0.732. The van der Waals surface area contributed by atoms with E-state index in [1.54, 1.807) is 16.8 Å². The smallest absolute Gasteiger partial charge is 0.293 e. The van der Waals surface area contributed by atoms with Crippen LogP contribution >= 0.6 is 0 Å². The van der Waals surface area contributed by atoms with E-state index < -0.39 is 0 Å². The summed E-state index contributed by atoms with van der Waals surface area (Å²) in [7, 11) is 1.51. The highest BCUT2D eigenvalue weighted by atomic mass is 16.5. The van der Waals surface area contributed by atoms with Crippen LogP contribution in [0, 0.1) is 6.92 Å². The van der Waals surface area contributed by atoms with Gasteiger partial charge < -0.3 is 9.30 Å². The third-order valence-electron chi connectivity index (χ3n) is 3.86. The Morgan fingerprint density at radius 3 is 2.43 bits per heavy atom. The SMILES string of the molecule is COc1cccn(Cc2ccc(-c3cccc(C)c3)cc2)c1=O. The summed E-state index contributed by atoms with van der Waals surface area (Å²) >= 11 is 0. The molecule has 0 bridgehead atoms. The van der Waals surface area contributed by atoms with Crippen LogP contribution in [0.2, 0.25) is 0 Å². The highest BCUT2D eigenvalue weighted by Crippen LogP contribution is 2.21. The molecule has 3 aromatic rings. The van der Waals surface area contributed by atoms with Crippen LogP contribution in [-0.2, 0) is 6.54 Å². The first kappa shape index (κ1) is 15.1. The average Bonchev–Trinajstić information content (AvgIpc) is 2.57. The van der Waals surface area contributed by atoms with E-state index in [2.05, 4.69) is 55.5 Å². The van der Waals surface area contributed by atoms with Crippen molar-refractivity contribution in [2.45, 2.75) is 13.5 Å². The number of benzene rings is 2. The number of ether oxygens (including phenoxy) is 1. The van der Waals surface area contributed by atoms with Gasteiger partial charge in [-0.05, 0) is 35.7 Å². The number of pyridine rings is 1. The van der Waals surface area contributed by atoms with Crippen LogP contribution in [0.3, 0.4) is 0 Å². The third kappa shape index (κ3) is 3.34. The van der Waals surface area contributed by atoms with Gasteiger partial charge in [0.1, 0.15) is 0 Å². The summed E-state index contributed by atoms with van der Waals surface area (Å²) in [6.07, 6.45) is 1.78. The molecule has 3 rings (SSSR count). The Bertz CT molecular complexity index is 863. The molecular weight excluding hydrogens is 286 g/mol. The number of aromatic nitrogens is 1. The minimum absolute atomic E-state index is 0.113. The molecule has 23 heavy (non-hydrogen) atoms. The van der Waals surface area contributed by atoms with E-state index in [1.165, 1.54) is 23.8 Å². The highest BCUT2D eigenvalue weighted by Gasteiger charge is 2.04. The Morgan fingerprint density at radius 1 is 0.957 bits per heavy atom. The maximum atomic E-state index is 12.2. The summed E-state index contributed by atoms with van der Waals surface area (Å²) in [6, 6.07) is 20.2. The Hall–Kier alpha value is -2.81. The molecule has 1 heterocycles. The van der Waals surface area contributed by atoms with E-state index in [0.717, 1.165) is 5.56 Å². The van der Waals surface area contributed by atoms with Crippen molar-refractivity contribution in [3.63, 3.8) is 0 Å². The van der Waals surface area contributed by atoms with Gasteiger partial charge in [0.05, 0.1) is 13.7 Å². The lowest BCUT2D eigenvalue weighted by molar-refractivity contribution is 0.403. The van der Waals surface area contributed by atoms with Gasteiger partial charge in [0.15, 0.2) is 5.75 Å². The van der Waals surface area contributed by atoms with E-state index >= 15 is 0 Å². The normalized spacial score (nSPS) is 10.5. The fourth-order valence-electron chi connectivity index (χ4n) is 2.62. The minimum atomic E-state index is -0.113. The molecule has 0 atom stereocenters. The van der Waals surface area contributed by atoms with Crippen LogP contribution < -0.4 is 10.3 Å². The molecule has 0 saturated heterocycles. The Kier molecular flexibility index (Phi) is 4.29. The van der Waals surface area contributed by atoms with Gasteiger partial charge in [-0.25, -0.2) is 0 Å². The standard InChI is InChI=1S/C20H19NO2/c1-15-5-3-6-18(13-15)17-10-8-16(9-11-17)14-21-12-4-7-19(23-2)20(21)22/h3-13H,14H2,1-2H3. The number of hydrogen-bond donors (Lipinski definition) is 0. The zero-order valence-electron chi connectivity index (χ0n) is 13.3. The molecule has 0 saturated carbocycles. The number of aryl methyl sites for hydroxylation is 1. The van der Waals surface area contributed by atoms with Crippen LogP contribution in [-0.4, -0.2) is 11.7 Å². The lowest BCUT2D eigenvalue weighted by Crippen LogP contribution is -2.20. The van der Waals surface area contributed by atoms with E-state index in [4.69, 9.17) is 4.74 Å². The van der Waals surface area contributed by atoms with Crippen LogP contribution in [0.5, 0.6) is 5.75 Å². The molecule has 0 aliphatic heterocycles. The monoisotopic (exact) mass is 305 g/mol. The summed E-state index contributed by atoms with van der Waals surface area (Å²) in [5, 5.41) is 0. The molecule has 0 fully saturated rings. The lowest BCUT2D eigenvalue weighted by atomic mass is 10.0. The summed E-state index contributed by atoms with van der Waals surface area (Å²) in [5.74, 6) is 0.365. The fraction of sp³-hybridized carbons (Fsp3) is 0.150. The van der Waals surface area contributed by atoms with Gasteiger partial charge in [-0.3, -0.25) is 4.79 Å². The number of rotatable bonds is 4. The molecule has 2 aromatic carbocycles. The Morgan fingerprint density at radius 2 is 1.74 bits per heavy atom. The van der Waals surface area contributed by atoms with Crippen molar-refractivity contribution >= 4 is 0 Å². The highest BCUT2D eigenvalue weighted by molar-refractivity contribution is 5.64. The molecule has 0 amide bonds. The first-order valence-corrected chi connectivity index (χ1v) is 7.57. The van der Waals surface area contributed by atoms with Crippen LogP contribution in [0.1, 0.15) is 11.1 Å². The largest absolute Gasteiger partial charge is 0.491 e. The van der Waals surface area contributed by atoms with Gasteiger partial charge >= 0.3 is 0 Å². The minimum Gasteiger partial charge on any atom is -0.491 e. The lowest BCUT2D eigenvalue weighted by Gasteiger charge is -2.09. The predicted molar refractivity (Wildman–Crippen MR) is 93.0 cm³/mol. The van der Waals surface area contributed by atoms with Crippen molar-refractivity contribution in [3.05, 3.63) is 88.3 Å². The van der Waals surface area contributed by atoms with E-state index in [-0.39, 0.29) is 5.56 Å².